The number of aryl methyl sites for hydroxylation is 1. The molecule has 0 radical (unpaired) electrons. The van der Waals surface area contributed by atoms with E-state index in [9.17, 15) is 4.79 Å². The van der Waals surface area contributed by atoms with Crippen molar-refractivity contribution in [1.82, 2.24) is 10.1 Å². The Morgan fingerprint density at radius 3 is 2.57 bits per heavy atom. The lowest BCUT2D eigenvalue weighted by atomic mass is 10.1. The maximum atomic E-state index is 12.3. The van der Waals surface area contributed by atoms with Crippen LogP contribution in [0.15, 0.2) is 77.3 Å². The largest absolute Gasteiger partial charge is 0.483 e. The fourth-order valence-electron chi connectivity index (χ4n) is 2.81. The Kier molecular flexibility index (Phi) is 5.77. The van der Waals surface area contributed by atoms with Crippen LogP contribution in [0.5, 0.6) is 5.75 Å². The lowest BCUT2D eigenvalue weighted by Crippen LogP contribution is -2.20. The molecule has 0 unspecified atom stereocenters. The van der Waals surface area contributed by atoms with Gasteiger partial charge in [0.1, 0.15) is 5.75 Å². The zero-order valence-electron chi connectivity index (χ0n) is 16.1. The zero-order chi connectivity index (χ0) is 20.9. The predicted octanol–water partition coefficient (Wildman–Crippen LogP) is 5.38. The fraction of sp³-hybridized carbons (Fsp3) is 0.0870. The quantitative estimate of drug-likeness (QED) is 0.453. The van der Waals surface area contributed by atoms with Crippen molar-refractivity contribution < 1.29 is 14.1 Å². The summed E-state index contributed by atoms with van der Waals surface area (Å²) >= 11 is 6.07. The summed E-state index contributed by atoms with van der Waals surface area (Å²) in [4.78, 5) is 16.7. The highest BCUT2D eigenvalue weighted by atomic mass is 35.5. The number of carbonyl (C=O) groups is 1. The topological polar surface area (TPSA) is 77.2 Å². The number of ether oxygens (including phenoxy) is 1. The summed E-state index contributed by atoms with van der Waals surface area (Å²) in [6, 6.07) is 22.0. The number of benzene rings is 3. The molecule has 0 bridgehead atoms. The normalized spacial score (nSPS) is 10.6. The summed E-state index contributed by atoms with van der Waals surface area (Å²) in [6.45, 7) is 1.82. The highest BCUT2D eigenvalue weighted by Gasteiger charge is 2.16. The number of nitrogens with zero attached hydrogens (tertiary/aromatic N) is 2. The molecule has 1 N–H and O–H groups in total. The molecule has 6 nitrogen and oxygen atoms in total. The lowest BCUT2D eigenvalue weighted by molar-refractivity contribution is -0.118. The van der Waals surface area contributed by atoms with Crippen LogP contribution in [0.3, 0.4) is 0 Å². The van der Waals surface area contributed by atoms with Crippen molar-refractivity contribution in [2.24, 2.45) is 0 Å². The lowest BCUT2D eigenvalue weighted by Gasteiger charge is -2.10. The number of nitrogens with one attached hydrogen (secondary N) is 1. The van der Waals surface area contributed by atoms with Crippen molar-refractivity contribution in [2.75, 3.05) is 11.9 Å². The van der Waals surface area contributed by atoms with Gasteiger partial charge in [0.2, 0.25) is 5.82 Å². The molecule has 0 fully saturated rings. The summed E-state index contributed by atoms with van der Waals surface area (Å²) < 4.78 is 11.1. The first-order valence-corrected chi connectivity index (χ1v) is 9.65. The van der Waals surface area contributed by atoms with Gasteiger partial charge in [-0.3, -0.25) is 4.79 Å². The summed E-state index contributed by atoms with van der Waals surface area (Å²) in [5, 5.41) is 7.24. The molecule has 0 atom stereocenters. The van der Waals surface area contributed by atoms with E-state index in [0.29, 0.717) is 33.7 Å². The molecule has 0 saturated carbocycles. The van der Waals surface area contributed by atoms with Crippen molar-refractivity contribution in [3.05, 3.63) is 83.4 Å². The molecule has 0 aliphatic heterocycles. The van der Waals surface area contributed by atoms with Crippen LogP contribution < -0.4 is 10.1 Å². The Balaban J connectivity index is 1.48. The molecule has 0 spiro atoms. The van der Waals surface area contributed by atoms with E-state index in [-0.39, 0.29) is 12.5 Å². The van der Waals surface area contributed by atoms with Gasteiger partial charge in [0.15, 0.2) is 6.61 Å². The number of hydrogen-bond donors (Lipinski definition) is 1. The van der Waals surface area contributed by atoms with Crippen LogP contribution in [0, 0.1) is 6.92 Å². The second-order valence-corrected chi connectivity index (χ2v) is 7.01. The van der Waals surface area contributed by atoms with Gasteiger partial charge in [-0.05, 0) is 31.2 Å². The number of hydrogen-bond acceptors (Lipinski definition) is 5. The second kappa shape index (κ2) is 8.80. The number of aromatic nitrogens is 2. The third kappa shape index (κ3) is 4.50. The Morgan fingerprint density at radius 2 is 1.77 bits per heavy atom. The number of halogens is 1. The molecule has 0 aliphatic carbocycles. The molecule has 4 rings (SSSR count). The van der Waals surface area contributed by atoms with Crippen molar-refractivity contribution in [3.8, 4) is 28.6 Å². The number of rotatable bonds is 6. The third-order valence-corrected chi connectivity index (χ3v) is 4.69. The van der Waals surface area contributed by atoms with Crippen LogP contribution in [-0.2, 0) is 4.79 Å². The molecular formula is C23H18ClN3O3. The minimum Gasteiger partial charge on any atom is -0.483 e. The summed E-state index contributed by atoms with van der Waals surface area (Å²) in [5.74, 6) is 0.929. The predicted molar refractivity (Wildman–Crippen MR) is 115 cm³/mol. The molecular weight excluding hydrogens is 402 g/mol. The first-order chi connectivity index (χ1) is 14.6. The first kappa shape index (κ1) is 19.7. The summed E-state index contributed by atoms with van der Waals surface area (Å²) in [5.41, 5.74) is 3.14. The van der Waals surface area contributed by atoms with Crippen molar-refractivity contribution >= 4 is 23.2 Å². The van der Waals surface area contributed by atoms with Gasteiger partial charge >= 0.3 is 0 Å². The first-order valence-electron chi connectivity index (χ1n) is 9.27. The van der Waals surface area contributed by atoms with Gasteiger partial charge in [-0.1, -0.05) is 70.9 Å². The number of amides is 1. The van der Waals surface area contributed by atoms with Gasteiger partial charge in [-0.25, -0.2) is 0 Å². The van der Waals surface area contributed by atoms with E-state index in [0.717, 1.165) is 11.1 Å². The molecule has 1 aromatic heterocycles. The van der Waals surface area contributed by atoms with E-state index in [1.54, 1.807) is 36.4 Å². The molecule has 150 valence electrons. The van der Waals surface area contributed by atoms with Gasteiger partial charge in [0, 0.05) is 5.56 Å². The van der Waals surface area contributed by atoms with E-state index >= 15 is 0 Å². The molecule has 30 heavy (non-hydrogen) atoms. The van der Waals surface area contributed by atoms with Crippen LogP contribution in [0.4, 0.5) is 5.69 Å². The average Bonchev–Trinajstić information content (AvgIpc) is 3.25. The molecule has 0 saturated heterocycles. The Morgan fingerprint density at radius 1 is 1.03 bits per heavy atom. The average molecular weight is 420 g/mol. The number of para-hydroxylation sites is 2. The molecule has 4 aromatic rings. The van der Waals surface area contributed by atoms with Gasteiger partial charge in [0.25, 0.3) is 11.8 Å². The maximum absolute atomic E-state index is 12.3. The van der Waals surface area contributed by atoms with Crippen molar-refractivity contribution in [2.45, 2.75) is 6.92 Å². The van der Waals surface area contributed by atoms with Gasteiger partial charge < -0.3 is 14.6 Å². The minimum atomic E-state index is -0.330. The summed E-state index contributed by atoms with van der Waals surface area (Å²) in [7, 11) is 0. The van der Waals surface area contributed by atoms with Crippen LogP contribution in [0.1, 0.15) is 5.56 Å². The highest BCUT2D eigenvalue weighted by Crippen LogP contribution is 2.30. The smallest absolute Gasteiger partial charge is 0.262 e. The van der Waals surface area contributed by atoms with Gasteiger partial charge in [0.05, 0.1) is 16.3 Å². The van der Waals surface area contributed by atoms with E-state index in [1.165, 1.54) is 0 Å². The fourth-order valence-corrected chi connectivity index (χ4v) is 3.00. The van der Waals surface area contributed by atoms with Crippen LogP contribution >= 0.6 is 11.6 Å². The Bertz CT molecular complexity index is 1170. The monoisotopic (exact) mass is 419 g/mol. The molecule has 1 heterocycles. The molecule has 0 aliphatic rings. The standard InChI is InChI=1S/C23H18ClN3O3/c1-15-10-12-16(13-11-15)22-26-23(30-27-22)17-6-2-5-9-20(17)29-14-21(28)25-19-8-4-3-7-18(19)24/h2-13H,14H2,1H3,(H,25,28). The van der Waals surface area contributed by atoms with Crippen molar-refractivity contribution in [1.29, 1.82) is 0 Å². The number of carbonyl (C=O) groups excluding carboxylic acids is 1. The van der Waals surface area contributed by atoms with E-state index in [2.05, 4.69) is 15.5 Å². The molecule has 3 aromatic carbocycles. The number of anilines is 1. The Hall–Kier alpha value is -3.64. The van der Waals surface area contributed by atoms with Crippen LogP contribution in [-0.4, -0.2) is 22.7 Å². The molecule has 1 amide bonds. The zero-order valence-corrected chi connectivity index (χ0v) is 16.9. The molecule has 7 heteroatoms. The van der Waals surface area contributed by atoms with E-state index in [4.69, 9.17) is 20.9 Å². The van der Waals surface area contributed by atoms with E-state index < -0.39 is 0 Å². The third-order valence-electron chi connectivity index (χ3n) is 4.36. The highest BCUT2D eigenvalue weighted by molar-refractivity contribution is 6.33. The second-order valence-electron chi connectivity index (χ2n) is 6.60. The van der Waals surface area contributed by atoms with Crippen LogP contribution in [0.25, 0.3) is 22.8 Å². The van der Waals surface area contributed by atoms with Crippen LogP contribution in [0.2, 0.25) is 5.02 Å². The van der Waals surface area contributed by atoms with E-state index in [1.807, 2.05) is 43.3 Å². The maximum Gasteiger partial charge on any atom is 0.262 e. The summed E-state index contributed by atoms with van der Waals surface area (Å²) in [6.07, 6.45) is 0. The SMILES string of the molecule is Cc1ccc(-c2noc(-c3ccccc3OCC(=O)Nc3ccccc3Cl)n2)cc1. The van der Waals surface area contributed by atoms with Gasteiger partial charge in [-0.2, -0.15) is 4.98 Å². The van der Waals surface area contributed by atoms with Crippen molar-refractivity contribution in [3.63, 3.8) is 0 Å². The minimum absolute atomic E-state index is 0.193. The van der Waals surface area contributed by atoms with Gasteiger partial charge in [-0.15, -0.1) is 0 Å². The Labute approximate surface area is 178 Å².